The largest absolute Gasteiger partial charge is 0.479 e. The topological polar surface area (TPSA) is 328 Å². The van der Waals surface area contributed by atoms with Crippen molar-refractivity contribution in [1.82, 2.24) is 0 Å². The zero-order chi connectivity index (χ0) is 21.9. The summed E-state index contributed by atoms with van der Waals surface area (Å²) in [7, 11) is -16.7. The van der Waals surface area contributed by atoms with Crippen molar-refractivity contribution < 1.29 is 83.3 Å². The van der Waals surface area contributed by atoms with Crippen LogP contribution in [0.5, 0.6) is 0 Å². The SMILES string of the molecule is O=C(O)C(O)(C(O)P(=O)(O)O)P(=O)(O)O.O=C(O)C(O)(CO)P(=O)(O)O. The van der Waals surface area contributed by atoms with E-state index in [2.05, 4.69) is 0 Å². The Labute approximate surface area is 142 Å². The van der Waals surface area contributed by atoms with E-state index in [1.807, 2.05) is 0 Å². The summed E-state index contributed by atoms with van der Waals surface area (Å²) >= 11 is 0. The molecule has 12 N–H and O–H groups in total. The smallest absolute Gasteiger partial charge is 0.372 e. The molecule has 0 bridgehead atoms. The van der Waals surface area contributed by atoms with Gasteiger partial charge in [-0.2, -0.15) is 0 Å². The molecule has 0 aliphatic carbocycles. The van der Waals surface area contributed by atoms with Gasteiger partial charge in [-0.25, -0.2) is 9.59 Å². The molecule has 26 heavy (non-hydrogen) atoms. The van der Waals surface area contributed by atoms with Crippen LogP contribution in [0.15, 0.2) is 0 Å². The van der Waals surface area contributed by atoms with E-state index in [1.165, 1.54) is 0 Å². The first kappa shape index (κ1) is 27.4. The standard InChI is InChI=1S/C3H8O10P2.C3H7O7P/c4-1(5)3(7,15(11,12)13)2(6)14(8,9)10;4-1-3(7,2(5)6)11(8,9)10/h2,6-7H,(H,4,5)(H2,8,9,10)(H2,11,12,13);4,7H,1H2,(H,5,6)(H2,8,9,10). The number of hydrogen-bond acceptors (Lipinski definition) is 9. The van der Waals surface area contributed by atoms with Crippen LogP contribution < -0.4 is 0 Å². The Balaban J connectivity index is 0. The third-order valence-corrected chi connectivity index (χ3v) is 6.32. The van der Waals surface area contributed by atoms with E-state index in [4.69, 9.17) is 60.0 Å². The van der Waals surface area contributed by atoms with Crippen LogP contribution in [0.1, 0.15) is 0 Å². The van der Waals surface area contributed by atoms with E-state index in [-0.39, 0.29) is 0 Å². The minimum atomic E-state index is -5.88. The average Bonchev–Trinajstić information content (AvgIpc) is 2.41. The Morgan fingerprint density at radius 3 is 1.19 bits per heavy atom. The Morgan fingerprint density at radius 2 is 1.15 bits per heavy atom. The van der Waals surface area contributed by atoms with Gasteiger partial charge in [0.25, 0.3) is 5.34 Å². The molecule has 0 fully saturated rings. The molecule has 3 unspecified atom stereocenters. The fraction of sp³-hybridized carbons (Fsp3) is 0.667. The average molecular weight is 452 g/mol. The molecule has 156 valence electrons. The van der Waals surface area contributed by atoms with Gasteiger partial charge in [-0.1, -0.05) is 0 Å². The zero-order valence-corrected chi connectivity index (χ0v) is 14.7. The summed E-state index contributed by atoms with van der Waals surface area (Å²) in [6, 6.07) is 0. The minimum absolute atomic E-state index is 1.54. The molecule has 17 nitrogen and oxygen atoms in total. The maximum absolute atomic E-state index is 10.5. The van der Waals surface area contributed by atoms with Crippen LogP contribution in [0.4, 0.5) is 0 Å². The molecule has 0 aliphatic heterocycles. The van der Waals surface area contributed by atoms with Gasteiger partial charge in [0.05, 0.1) is 6.61 Å². The van der Waals surface area contributed by atoms with Gasteiger partial charge in [0.15, 0.2) is 0 Å². The summed E-state index contributed by atoms with van der Waals surface area (Å²) in [6.45, 7) is -1.54. The summed E-state index contributed by atoms with van der Waals surface area (Å²) in [5.74, 6) is -8.23. The Hall–Kier alpha value is -0.770. The fourth-order valence-electron chi connectivity index (χ4n) is 0.904. The van der Waals surface area contributed by atoms with E-state index >= 15 is 0 Å². The molecule has 20 heteroatoms. The molecule has 3 atom stereocenters. The van der Waals surface area contributed by atoms with Crippen LogP contribution in [-0.2, 0) is 23.3 Å². The molecule has 0 aromatic rings. The summed E-state index contributed by atoms with van der Waals surface area (Å²) in [6.07, 6.45) is 0. The van der Waals surface area contributed by atoms with Crippen LogP contribution in [0.2, 0.25) is 0 Å². The van der Waals surface area contributed by atoms with Gasteiger partial charge in [-0.3, -0.25) is 13.7 Å². The van der Waals surface area contributed by atoms with Gasteiger partial charge in [-0.15, -0.1) is 0 Å². The summed E-state index contributed by atoms with van der Waals surface area (Å²) in [5, 5.41) is 43.1. The van der Waals surface area contributed by atoms with E-state index in [1.54, 1.807) is 0 Å². The van der Waals surface area contributed by atoms with Crippen molar-refractivity contribution in [3.05, 3.63) is 0 Å². The molecule has 0 saturated heterocycles. The van der Waals surface area contributed by atoms with E-state index in [0.29, 0.717) is 0 Å². The molecule has 0 radical (unpaired) electrons. The molecule has 0 heterocycles. The lowest BCUT2D eigenvalue weighted by atomic mass is 10.4. The molecule has 0 aromatic carbocycles. The zero-order valence-electron chi connectivity index (χ0n) is 12.0. The van der Waals surface area contributed by atoms with Crippen molar-refractivity contribution in [2.24, 2.45) is 0 Å². The van der Waals surface area contributed by atoms with Gasteiger partial charge in [0.1, 0.15) is 0 Å². The normalized spacial score (nSPS) is 18.5. The molecular formula is C6H15O17P3. The molecule has 0 rings (SSSR count). The number of carbonyl (C=O) groups is 2. The fourth-order valence-corrected chi connectivity index (χ4v) is 3.37. The molecular weight excluding hydrogens is 437 g/mol. The molecule has 0 spiro atoms. The highest BCUT2D eigenvalue weighted by molar-refractivity contribution is 7.58. The van der Waals surface area contributed by atoms with Crippen LogP contribution >= 0.6 is 22.8 Å². The number of carboxylic acids is 2. The molecule has 0 aromatic heterocycles. The van der Waals surface area contributed by atoms with Gasteiger partial charge in [-0.05, 0) is 0 Å². The Morgan fingerprint density at radius 1 is 0.808 bits per heavy atom. The third-order valence-electron chi connectivity index (χ3n) is 2.48. The second kappa shape index (κ2) is 8.50. The predicted octanol–water partition coefficient (Wildman–Crippen LogP) is -4.64. The number of aliphatic carboxylic acids is 2. The second-order valence-corrected chi connectivity index (χ2v) is 9.63. The van der Waals surface area contributed by atoms with Crippen LogP contribution in [0, 0.1) is 0 Å². The number of carboxylic acid groups (broad SMARTS) is 2. The van der Waals surface area contributed by atoms with Gasteiger partial charge >= 0.3 is 40.1 Å². The number of aliphatic hydroxyl groups is 4. The maximum Gasteiger partial charge on any atom is 0.372 e. The highest BCUT2D eigenvalue weighted by Gasteiger charge is 2.64. The predicted molar refractivity (Wildman–Crippen MR) is 74.4 cm³/mol. The minimum Gasteiger partial charge on any atom is -0.479 e. The van der Waals surface area contributed by atoms with E-state index in [0.717, 1.165) is 0 Å². The van der Waals surface area contributed by atoms with Crippen molar-refractivity contribution in [2.45, 2.75) is 16.5 Å². The number of rotatable bonds is 7. The molecule has 0 saturated carbocycles. The van der Waals surface area contributed by atoms with Gasteiger partial charge < -0.3 is 60.0 Å². The van der Waals surface area contributed by atoms with Crippen molar-refractivity contribution in [3.63, 3.8) is 0 Å². The van der Waals surface area contributed by atoms with Crippen molar-refractivity contribution >= 4 is 34.7 Å². The van der Waals surface area contributed by atoms with Crippen LogP contribution in [-0.4, -0.2) is 95.1 Å². The Bertz CT molecular complexity index is 668. The molecule has 0 aliphatic rings. The lowest BCUT2D eigenvalue weighted by molar-refractivity contribution is -0.157. The lowest BCUT2D eigenvalue weighted by Gasteiger charge is -2.28. The van der Waals surface area contributed by atoms with Crippen molar-refractivity contribution in [1.29, 1.82) is 0 Å². The number of aliphatic hydroxyl groups excluding tert-OH is 2. The second-order valence-electron chi connectivity index (χ2n) is 4.36. The quantitative estimate of drug-likeness (QED) is 0.161. The highest BCUT2D eigenvalue weighted by atomic mass is 31.2. The first-order valence-electron chi connectivity index (χ1n) is 5.47. The molecule has 0 amide bonds. The highest BCUT2D eigenvalue weighted by Crippen LogP contribution is 2.59. The van der Waals surface area contributed by atoms with E-state index in [9.17, 15) is 23.3 Å². The Kier molecular flexibility index (Phi) is 8.97. The van der Waals surface area contributed by atoms with Crippen molar-refractivity contribution in [2.75, 3.05) is 6.61 Å². The van der Waals surface area contributed by atoms with E-state index < -0.39 is 57.9 Å². The van der Waals surface area contributed by atoms with Crippen LogP contribution in [0.3, 0.4) is 0 Å². The summed E-state index contributed by atoms with van der Waals surface area (Å²) < 4.78 is 31.2. The van der Waals surface area contributed by atoms with Crippen LogP contribution in [0.25, 0.3) is 0 Å². The first-order valence-corrected chi connectivity index (χ1v) is 10.4. The van der Waals surface area contributed by atoms with Gasteiger partial charge in [0.2, 0.25) is 5.85 Å². The summed E-state index contributed by atoms with van der Waals surface area (Å²) in [4.78, 5) is 70.3. The maximum atomic E-state index is 10.5. The third kappa shape index (κ3) is 5.87. The monoisotopic (exact) mass is 452 g/mol. The van der Waals surface area contributed by atoms with Crippen molar-refractivity contribution in [3.8, 4) is 0 Å². The summed E-state index contributed by atoms with van der Waals surface area (Å²) in [5.41, 5.74) is 0. The van der Waals surface area contributed by atoms with Gasteiger partial charge in [0, 0.05) is 0 Å². The first-order chi connectivity index (χ1) is 11.1. The number of hydrogen-bond donors (Lipinski definition) is 12. The lowest BCUT2D eigenvalue weighted by Crippen LogP contribution is -2.48.